The molecule has 0 saturated carbocycles. The molecule has 0 unspecified atom stereocenters. The van der Waals surface area contributed by atoms with Gasteiger partial charge in [0.05, 0.1) is 11.3 Å². The maximum Gasteiger partial charge on any atom is 0.229 e. The molecule has 0 amide bonds. The van der Waals surface area contributed by atoms with Gasteiger partial charge in [0.1, 0.15) is 17.4 Å². The minimum atomic E-state index is 0.198. The Balaban J connectivity index is 1.68. The number of phenols is 1. The summed E-state index contributed by atoms with van der Waals surface area (Å²) in [4.78, 5) is 13.9. The smallest absolute Gasteiger partial charge is 0.229 e. The molecule has 172 valence electrons. The molecular weight excluding hydrogens is 416 g/mol. The molecule has 3 aromatic rings. The molecule has 8 nitrogen and oxygen atoms in total. The van der Waals surface area contributed by atoms with Gasteiger partial charge in [-0.25, -0.2) is 9.98 Å². The molecule has 0 atom stereocenters. The van der Waals surface area contributed by atoms with Gasteiger partial charge in [-0.1, -0.05) is 17.7 Å². The summed E-state index contributed by atoms with van der Waals surface area (Å²) in [5.74, 6) is 1.61. The van der Waals surface area contributed by atoms with Gasteiger partial charge >= 0.3 is 0 Å². The van der Waals surface area contributed by atoms with E-state index in [0.29, 0.717) is 36.4 Å². The molecule has 0 bridgehead atoms. The Kier molecular flexibility index (Phi) is 6.74. The minimum Gasteiger partial charge on any atom is -0.508 e. The fourth-order valence-corrected chi connectivity index (χ4v) is 3.98. The largest absolute Gasteiger partial charge is 0.508 e. The fraction of sp³-hybridized carbons (Fsp3) is 0.320. The van der Waals surface area contributed by atoms with Crippen LogP contribution in [0.1, 0.15) is 35.1 Å². The minimum absolute atomic E-state index is 0.198. The van der Waals surface area contributed by atoms with Gasteiger partial charge < -0.3 is 26.2 Å². The third-order valence-electron chi connectivity index (χ3n) is 5.62. The number of nitrogens with one attached hydrogen (secondary N) is 2. The first kappa shape index (κ1) is 22.5. The monoisotopic (exact) mass is 446 g/mol. The van der Waals surface area contributed by atoms with E-state index in [1.807, 2.05) is 13.8 Å². The number of rotatable bonds is 6. The number of nitrogens with two attached hydrogens (primary N) is 1. The Labute approximate surface area is 194 Å². The van der Waals surface area contributed by atoms with Crippen molar-refractivity contribution in [2.45, 2.75) is 39.7 Å². The number of aliphatic imine (C=N–C) groups is 1. The van der Waals surface area contributed by atoms with E-state index < -0.39 is 0 Å². The van der Waals surface area contributed by atoms with Gasteiger partial charge in [-0.15, -0.1) is 0 Å². The number of anilines is 3. The van der Waals surface area contributed by atoms with E-state index in [0.717, 1.165) is 35.3 Å². The number of phenolic OH excluding ortho intramolecular Hbond substituents is 1. The molecule has 1 fully saturated rings. The zero-order valence-electron chi connectivity index (χ0n) is 19.2. The Morgan fingerprint density at radius 3 is 2.42 bits per heavy atom. The van der Waals surface area contributed by atoms with Crippen molar-refractivity contribution in [3.05, 3.63) is 64.8 Å². The van der Waals surface area contributed by atoms with Crippen LogP contribution in [0, 0.1) is 20.8 Å². The first-order valence-corrected chi connectivity index (χ1v) is 11.1. The molecule has 2 aromatic carbocycles. The van der Waals surface area contributed by atoms with Gasteiger partial charge in [-0.3, -0.25) is 0 Å². The summed E-state index contributed by atoms with van der Waals surface area (Å²) in [6.07, 6.45) is 3.46. The Hall–Kier alpha value is -3.65. The van der Waals surface area contributed by atoms with E-state index in [4.69, 9.17) is 20.4 Å². The number of benzene rings is 2. The third-order valence-corrected chi connectivity index (χ3v) is 5.62. The zero-order valence-corrected chi connectivity index (χ0v) is 19.2. The Morgan fingerprint density at radius 2 is 1.76 bits per heavy atom. The van der Waals surface area contributed by atoms with Crippen molar-refractivity contribution in [2.24, 2.45) is 10.7 Å². The summed E-state index contributed by atoms with van der Waals surface area (Å²) in [7, 11) is 0. The van der Waals surface area contributed by atoms with Crippen LogP contribution in [0.25, 0.3) is 0 Å². The molecule has 0 aliphatic carbocycles. The van der Waals surface area contributed by atoms with Crippen LogP contribution < -0.4 is 16.4 Å². The van der Waals surface area contributed by atoms with Gasteiger partial charge in [0.15, 0.2) is 0 Å². The molecule has 1 aliphatic heterocycles. The second-order valence-electron chi connectivity index (χ2n) is 8.40. The van der Waals surface area contributed by atoms with Crippen LogP contribution in [-0.4, -0.2) is 40.2 Å². The maximum absolute atomic E-state index is 9.52. The lowest BCUT2D eigenvalue weighted by atomic mass is 10.1. The van der Waals surface area contributed by atoms with Crippen LogP contribution in [0.3, 0.4) is 0 Å². The highest BCUT2D eigenvalue weighted by Gasteiger charge is 2.19. The molecule has 33 heavy (non-hydrogen) atoms. The topological polar surface area (TPSA) is 118 Å². The van der Waals surface area contributed by atoms with E-state index in [1.54, 1.807) is 30.5 Å². The average molecular weight is 447 g/mol. The number of nitrogens with zero attached hydrogens (tertiary/aromatic N) is 3. The van der Waals surface area contributed by atoms with Gasteiger partial charge in [-0.05, 0) is 69.0 Å². The lowest BCUT2D eigenvalue weighted by molar-refractivity contribution is 0.0904. The summed E-state index contributed by atoms with van der Waals surface area (Å²) in [5, 5.41) is 16.2. The van der Waals surface area contributed by atoms with Gasteiger partial charge in [-0.2, -0.15) is 4.98 Å². The molecule has 8 heteroatoms. The number of hydrogen-bond acceptors (Lipinski definition) is 7. The standard InChI is InChI=1S/C25H30N6O2/c1-15-12-16(2)22(17(3)13-15)30-23(26)21-14-27-25(29-18-4-6-20(32)7-5-18)31-24(21)28-19-8-10-33-11-9-19/h4-7,12-14,19,32H,8-11H2,1-3H3,(H2,26,30)(H2,27,28,29,31). The quantitative estimate of drug-likeness (QED) is 0.250. The number of aryl methyl sites for hydroxylation is 3. The molecule has 0 spiro atoms. The van der Waals surface area contributed by atoms with Crippen molar-refractivity contribution in [2.75, 3.05) is 23.8 Å². The van der Waals surface area contributed by atoms with Crippen LogP contribution in [0.2, 0.25) is 0 Å². The van der Waals surface area contributed by atoms with Crippen LogP contribution >= 0.6 is 0 Å². The predicted molar refractivity (Wildman–Crippen MR) is 132 cm³/mol. The second-order valence-corrected chi connectivity index (χ2v) is 8.40. The van der Waals surface area contributed by atoms with Gasteiger partial charge in [0, 0.05) is 31.1 Å². The Morgan fingerprint density at radius 1 is 1.09 bits per heavy atom. The highest BCUT2D eigenvalue weighted by Crippen LogP contribution is 2.27. The van der Waals surface area contributed by atoms with Crippen molar-refractivity contribution in [1.82, 2.24) is 9.97 Å². The normalized spacial score (nSPS) is 14.8. The van der Waals surface area contributed by atoms with Crippen molar-refractivity contribution >= 4 is 29.0 Å². The Bertz CT molecular complexity index is 1130. The molecule has 5 N–H and O–H groups in total. The summed E-state index contributed by atoms with van der Waals surface area (Å²) >= 11 is 0. The molecule has 1 aromatic heterocycles. The van der Waals surface area contributed by atoms with Crippen LogP contribution in [-0.2, 0) is 4.74 Å². The van der Waals surface area contributed by atoms with Crippen molar-refractivity contribution in [3.8, 4) is 5.75 Å². The predicted octanol–water partition coefficient (Wildman–Crippen LogP) is 4.48. The summed E-state index contributed by atoms with van der Waals surface area (Å²) < 4.78 is 5.49. The van der Waals surface area contributed by atoms with E-state index in [1.165, 1.54) is 5.56 Å². The molecular formula is C25H30N6O2. The molecule has 1 aliphatic rings. The van der Waals surface area contributed by atoms with E-state index in [9.17, 15) is 5.11 Å². The van der Waals surface area contributed by atoms with Crippen molar-refractivity contribution in [1.29, 1.82) is 0 Å². The first-order chi connectivity index (χ1) is 15.9. The van der Waals surface area contributed by atoms with E-state index in [2.05, 4.69) is 34.7 Å². The van der Waals surface area contributed by atoms with Crippen molar-refractivity contribution < 1.29 is 9.84 Å². The van der Waals surface area contributed by atoms with E-state index >= 15 is 0 Å². The SMILES string of the molecule is Cc1cc(C)c(N=C(N)c2cnc(Nc3ccc(O)cc3)nc2NC2CCOCC2)c(C)c1. The number of ether oxygens (including phenoxy) is 1. The molecule has 2 heterocycles. The summed E-state index contributed by atoms with van der Waals surface area (Å²) in [6, 6.07) is 11.2. The summed E-state index contributed by atoms with van der Waals surface area (Å²) in [6.45, 7) is 7.56. The lowest BCUT2D eigenvalue weighted by Crippen LogP contribution is -2.30. The number of aromatic hydroxyl groups is 1. The fourth-order valence-electron chi connectivity index (χ4n) is 3.98. The van der Waals surface area contributed by atoms with Crippen molar-refractivity contribution in [3.63, 3.8) is 0 Å². The van der Waals surface area contributed by atoms with Gasteiger partial charge in [0.2, 0.25) is 5.95 Å². The molecule has 4 rings (SSSR count). The summed E-state index contributed by atoms with van der Waals surface area (Å²) in [5.41, 5.74) is 12.1. The molecule has 1 saturated heterocycles. The van der Waals surface area contributed by atoms with Crippen LogP contribution in [0.15, 0.2) is 47.6 Å². The van der Waals surface area contributed by atoms with Crippen LogP contribution in [0.4, 0.5) is 23.1 Å². The lowest BCUT2D eigenvalue weighted by Gasteiger charge is -2.24. The highest BCUT2D eigenvalue weighted by molar-refractivity contribution is 6.03. The average Bonchev–Trinajstić information content (AvgIpc) is 2.78. The van der Waals surface area contributed by atoms with Gasteiger partial charge in [0.25, 0.3) is 0 Å². The molecule has 0 radical (unpaired) electrons. The number of hydrogen-bond donors (Lipinski definition) is 4. The number of aromatic nitrogens is 2. The van der Waals surface area contributed by atoms with E-state index in [-0.39, 0.29) is 11.8 Å². The number of amidine groups is 1. The zero-order chi connectivity index (χ0) is 23.4. The first-order valence-electron chi connectivity index (χ1n) is 11.1. The third kappa shape index (κ3) is 5.59. The van der Waals surface area contributed by atoms with Crippen LogP contribution in [0.5, 0.6) is 5.75 Å². The second kappa shape index (κ2) is 9.87. The maximum atomic E-state index is 9.52. The highest BCUT2D eigenvalue weighted by atomic mass is 16.5.